The Labute approximate surface area is 145 Å². The van der Waals surface area contributed by atoms with Crippen molar-refractivity contribution in [2.24, 2.45) is 0 Å². The van der Waals surface area contributed by atoms with Gasteiger partial charge < -0.3 is 14.5 Å². The molecule has 0 unspecified atom stereocenters. The molecule has 0 saturated heterocycles. The minimum Gasteiger partial charge on any atom is -0.494 e. The van der Waals surface area contributed by atoms with Gasteiger partial charge in [0.2, 0.25) is 5.88 Å². The molecule has 6 nitrogen and oxygen atoms in total. The molecule has 1 N–H and O–H groups in total. The van der Waals surface area contributed by atoms with E-state index in [0.717, 1.165) is 5.75 Å². The van der Waals surface area contributed by atoms with E-state index in [-0.39, 0.29) is 17.0 Å². The van der Waals surface area contributed by atoms with Gasteiger partial charge in [-0.1, -0.05) is 0 Å². The average Bonchev–Trinajstić information content (AvgIpc) is 3.24. The van der Waals surface area contributed by atoms with Gasteiger partial charge in [0.25, 0.3) is 5.91 Å². The Hall–Kier alpha value is -3.46. The molecule has 0 aliphatic carbocycles. The van der Waals surface area contributed by atoms with Crippen molar-refractivity contribution in [3.8, 4) is 17.7 Å². The quantitative estimate of drug-likeness (QED) is 0.767. The molecule has 0 saturated carbocycles. The molecular formula is C19H17N3O3. The maximum atomic E-state index is 12.6. The molecule has 6 heteroatoms. The predicted molar refractivity (Wildman–Crippen MR) is 93.1 cm³/mol. The van der Waals surface area contributed by atoms with Crippen LogP contribution in [0.3, 0.4) is 0 Å². The molecule has 3 rings (SSSR count). The normalized spacial score (nSPS) is 10.3. The summed E-state index contributed by atoms with van der Waals surface area (Å²) >= 11 is 0. The van der Waals surface area contributed by atoms with Crippen LogP contribution in [0.4, 0.5) is 5.69 Å². The van der Waals surface area contributed by atoms with Crippen LogP contribution in [0.5, 0.6) is 5.75 Å². The number of hydrogen-bond donors (Lipinski definition) is 1. The molecule has 0 aliphatic heterocycles. The molecule has 0 aliphatic rings. The largest absolute Gasteiger partial charge is 0.494 e. The summed E-state index contributed by atoms with van der Waals surface area (Å²) < 4.78 is 12.7. The zero-order chi connectivity index (χ0) is 17.8. The third-order valence-electron chi connectivity index (χ3n) is 3.67. The highest BCUT2D eigenvalue weighted by Crippen LogP contribution is 2.26. The number of aryl methyl sites for hydroxylation is 1. The fourth-order valence-electron chi connectivity index (χ4n) is 2.55. The summed E-state index contributed by atoms with van der Waals surface area (Å²) in [5.41, 5.74) is 1.05. The van der Waals surface area contributed by atoms with E-state index in [1.807, 2.05) is 19.1 Å². The van der Waals surface area contributed by atoms with E-state index in [1.54, 1.807) is 48.1 Å². The molecular weight excluding hydrogens is 318 g/mol. The molecule has 0 radical (unpaired) electrons. The molecule has 0 bridgehead atoms. The highest BCUT2D eigenvalue weighted by molar-refractivity contribution is 6.07. The lowest BCUT2D eigenvalue weighted by molar-refractivity contribution is 0.102. The number of furan rings is 1. The van der Waals surface area contributed by atoms with Crippen LogP contribution in [0, 0.1) is 18.3 Å². The number of ether oxygens (including phenoxy) is 1. The predicted octanol–water partition coefficient (Wildman–Crippen LogP) is 3.90. The molecule has 126 valence electrons. The first-order chi connectivity index (χ1) is 12.1. The number of amides is 1. The zero-order valence-corrected chi connectivity index (χ0v) is 13.9. The lowest BCUT2D eigenvalue weighted by Crippen LogP contribution is -2.13. The number of benzene rings is 1. The van der Waals surface area contributed by atoms with Crippen LogP contribution in [0.15, 0.2) is 53.2 Å². The van der Waals surface area contributed by atoms with E-state index >= 15 is 0 Å². The Bertz CT molecular complexity index is 916. The molecule has 1 aromatic carbocycles. The van der Waals surface area contributed by atoms with Gasteiger partial charge in [0.15, 0.2) is 0 Å². The SMILES string of the molecule is CCOc1ccc(NC(=O)c2c(C)oc(-n3cccc3)c2C#N)cc1. The first kappa shape index (κ1) is 16.4. The summed E-state index contributed by atoms with van der Waals surface area (Å²) in [4.78, 5) is 12.6. The average molecular weight is 335 g/mol. The third kappa shape index (κ3) is 3.26. The second-order valence-electron chi connectivity index (χ2n) is 5.33. The number of rotatable bonds is 5. The van der Waals surface area contributed by atoms with Gasteiger partial charge in [-0.2, -0.15) is 5.26 Å². The Balaban J connectivity index is 1.88. The summed E-state index contributed by atoms with van der Waals surface area (Å²) in [6.07, 6.45) is 3.51. The van der Waals surface area contributed by atoms with Crippen LogP contribution in [0.1, 0.15) is 28.6 Å². The first-order valence-corrected chi connectivity index (χ1v) is 7.85. The first-order valence-electron chi connectivity index (χ1n) is 7.85. The molecule has 3 aromatic rings. The number of carbonyl (C=O) groups excluding carboxylic acids is 1. The number of carbonyl (C=O) groups is 1. The second kappa shape index (κ2) is 6.97. The smallest absolute Gasteiger partial charge is 0.260 e. The molecule has 0 fully saturated rings. The van der Waals surface area contributed by atoms with E-state index in [1.165, 1.54) is 0 Å². The molecule has 2 aromatic heterocycles. The Morgan fingerprint density at radius 3 is 2.56 bits per heavy atom. The number of nitriles is 1. The molecule has 1 amide bonds. The molecule has 0 atom stereocenters. The van der Waals surface area contributed by atoms with Crippen LogP contribution in [-0.2, 0) is 0 Å². The van der Waals surface area contributed by atoms with Crippen molar-refractivity contribution >= 4 is 11.6 Å². The van der Waals surface area contributed by atoms with Gasteiger partial charge in [0.05, 0.1) is 6.61 Å². The minimum absolute atomic E-state index is 0.206. The zero-order valence-electron chi connectivity index (χ0n) is 13.9. The van der Waals surface area contributed by atoms with E-state index < -0.39 is 0 Å². The monoisotopic (exact) mass is 335 g/mol. The number of aromatic nitrogens is 1. The summed E-state index contributed by atoms with van der Waals surface area (Å²) in [6, 6.07) is 12.8. The maximum absolute atomic E-state index is 12.6. The topological polar surface area (TPSA) is 80.2 Å². The summed E-state index contributed by atoms with van der Waals surface area (Å²) in [5.74, 6) is 1.07. The van der Waals surface area contributed by atoms with Gasteiger partial charge in [0.1, 0.15) is 28.7 Å². The second-order valence-corrected chi connectivity index (χ2v) is 5.33. The Morgan fingerprint density at radius 2 is 1.96 bits per heavy atom. The summed E-state index contributed by atoms with van der Waals surface area (Å²) in [6.45, 7) is 4.15. The fourth-order valence-corrected chi connectivity index (χ4v) is 2.55. The van der Waals surface area contributed by atoms with Crippen molar-refractivity contribution < 1.29 is 13.9 Å². The van der Waals surface area contributed by atoms with Gasteiger partial charge >= 0.3 is 0 Å². The number of hydrogen-bond acceptors (Lipinski definition) is 4. The van der Waals surface area contributed by atoms with Crippen molar-refractivity contribution in [2.45, 2.75) is 13.8 Å². The van der Waals surface area contributed by atoms with Crippen molar-refractivity contribution in [2.75, 3.05) is 11.9 Å². The summed E-state index contributed by atoms with van der Waals surface area (Å²) in [5, 5.41) is 12.3. The van der Waals surface area contributed by atoms with Gasteiger partial charge in [-0.25, -0.2) is 0 Å². The number of nitrogens with one attached hydrogen (secondary N) is 1. The van der Waals surface area contributed by atoms with E-state index in [9.17, 15) is 10.1 Å². The van der Waals surface area contributed by atoms with Gasteiger partial charge in [-0.3, -0.25) is 9.36 Å². The van der Waals surface area contributed by atoms with Crippen molar-refractivity contribution in [3.63, 3.8) is 0 Å². The van der Waals surface area contributed by atoms with Gasteiger partial charge in [-0.05, 0) is 50.2 Å². The van der Waals surface area contributed by atoms with Crippen molar-refractivity contribution in [1.82, 2.24) is 4.57 Å². The fraction of sp³-hybridized carbons (Fsp3) is 0.158. The van der Waals surface area contributed by atoms with Crippen LogP contribution >= 0.6 is 0 Å². The van der Waals surface area contributed by atoms with E-state index in [0.29, 0.717) is 23.9 Å². The van der Waals surface area contributed by atoms with Crippen LogP contribution in [0.2, 0.25) is 0 Å². The van der Waals surface area contributed by atoms with Crippen molar-refractivity contribution in [3.05, 3.63) is 65.7 Å². The maximum Gasteiger partial charge on any atom is 0.260 e. The van der Waals surface area contributed by atoms with Crippen LogP contribution in [-0.4, -0.2) is 17.1 Å². The Morgan fingerprint density at radius 1 is 1.28 bits per heavy atom. The van der Waals surface area contributed by atoms with Gasteiger partial charge in [0, 0.05) is 18.1 Å². The molecule has 2 heterocycles. The highest BCUT2D eigenvalue weighted by atomic mass is 16.5. The standard InChI is InChI=1S/C19H17N3O3/c1-3-24-15-8-6-14(7-9-15)21-18(23)17-13(2)25-19(16(17)12-20)22-10-4-5-11-22/h4-11H,3H2,1-2H3,(H,21,23). The van der Waals surface area contributed by atoms with Crippen LogP contribution < -0.4 is 10.1 Å². The lowest BCUT2D eigenvalue weighted by Gasteiger charge is -2.07. The third-order valence-corrected chi connectivity index (χ3v) is 3.67. The lowest BCUT2D eigenvalue weighted by atomic mass is 10.1. The summed E-state index contributed by atoms with van der Waals surface area (Å²) in [7, 11) is 0. The van der Waals surface area contributed by atoms with E-state index in [2.05, 4.69) is 11.4 Å². The van der Waals surface area contributed by atoms with Crippen LogP contribution in [0.25, 0.3) is 5.88 Å². The van der Waals surface area contributed by atoms with Crippen molar-refractivity contribution in [1.29, 1.82) is 5.26 Å². The molecule has 0 spiro atoms. The number of anilines is 1. The van der Waals surface area contributed by atoms with Gasteiger partial charge in [-0.15, -0.1) is 0 Å². The number of nitrogens with zero attached hydrogens (tertiary/aromatic N) is 2. The van der Waals surface area contributed by atoms with E-state index in [4.69, 9.17) is 9.15 Å². The highest BCUT2D eigenvalue weighted by Gasteiger charge is 2.24. The molecule has 25 heavy (non-hydrogen) atoms. The minimum atomic E-state index is -0.389. The Kier molecular flexibility index (Phi) is 4.57.